The van der Waals surface area contributed by atoms with Crippen LogP contribution in [0.25, 0.3) is 0 Å². The predicted octanol–water partition coefficient (Wildman–Crippen LogP) is 0.690. The first-order valence-corrected chi connectivity index (χ1v) is 5.74. The number of nitro benzene ring substituents is 1. The molecule has 0 radical (unpaired) electrons. The van der Waals surface area contributed by atoms with Crippen LogP contribution in [-0.4, -0.2) is 36.4 Å². The number of rotatable bonds is 8. The average molecular weight is 270 g/mol. The Hall–Kier alpha value is -1.90. The zero-order chi connectivity index (χ0) is 14.3. The molecule has 0 aliphatic carbocycles. The van der Waals surface area contributed by atoms with Gasteiger partial charge in [0.1, 0.15) is 11.4 Å². The van der Waals surface area contributed by atoms with Crippen molar-refractivity contribution in [3.8, 4) is 0 Å². The maximum absolute atomic E-state index is 11.1. The number of nitro groups is 1. The second kappa shape index (κ2) is 7.52. The minimum absolute atomic E-state index is 0.152. The van der Waals surface area contributed by atoms with E-state index in [4.69, 9.17) is 10.6 Å². The Morgan fingerprint density at radius 3 is 2.74 bits per heavy atom. The van der Waals surface area contributed by atoms with Crippen molar-refractivity contribution in [3.05, 3.63) is 28.3 Å². The number of hydrazine groups is 1. The second-order valence-electron chi connectivity index (χ2n) is 3.91. The molecular weight excluding hydrogens is 252 g/mol. The molecular formula is C11H18N4O4. The molecule has 1 atom stereocenters. The van der Waals surface area contributed by atoms with Crippen molar-refractivity contribution in [3.63, 3.8) is 0 Å². The molecule has 1 aromatic carbocycles. The quantitative estimate of drug-likeness (QED) is 0.311. The number of nitrogen functional groups attached to an aromatic ring is 1. The molecule has 0 heterocycles. The number of methoxy groups -OCH3 is 1. The van der Waals surface area contributed by atoms with Crippen LogP contribution >= 0.6 is 0 Å². The van der Waals surface area contributed by atoms with Crippen LogP contribution in [0, 0.1) is 10.1 Å². The Bertz CT molecular complexity index is 427. The van der Waals surface area contributed by atoms with Gasteiger partial charge in [-0.3, -0.25) is 16.0 Å². The van der Waals surface area contributed by atoms with Crippen molar-refractivity contribution in [2.45, 2.75) is 12.5 Å². The molecule has 8 nitrogen and oxygen atoms in total. The number of aliphatic hydroxyl groups excluding tert-OH is 1. The van der Waals surface area contributed by atoms with Crippen molar-refractivity contribution in [2.24, 2.45) is 5.84 Å². The fraction of sp³-hybridized carbons (Fsp3) is 0.455. The maximum Gasteiger partial charge on any atom is 0.316 e. The Morgan fingerprint density at radius 2 is 2.21 bits per heavy atom. The van der Waals surface area contributed by atoms with Gasteiger partial charge < -0.3 is 20.6 Å². The Morgan fingerprint density at radius 1 is 1.53 bits per heavy atom. The third kappa shape index (κ3) is 4.05. The Kier molecular flexibility index (Phi) is 6.00. The summed E-state index contributed by atoms with van der Waals surface area (Å²) in [5.41, 5.74) is 2.64. The lowest BCUT2D eigenvalue weighted by Crippen LogP contribution is -2.26. The summed E-state index contributed by atoms with van der Waals surface area (Å²) in [5.74, 6) is 5.25. The van der Waals surface area contributed by atoms with E-state index in [1.54, 1.807) is 19.2 Å². The highest BCUT2D eigenvalue weighted by molar-refractivity contribution is 5.76. The summed E-state index contributed by atoms with van der Waals surface area (Å²) >= 11 is 0. The van der Waals surface area contributed by atoms with Gasteiger partial charge in [-0.1, -0.05) is 6.07 Å². The van der Waals surface area contributed by atoms with Crippen LogP contribution in [0.15, 0.2) is 18.2 Å². The highest BCUT2D eigenvalue weighted by atomic mass is 16.6. The van der Waals surface area contributed by atoms with Gasteiger partial charge in [-0.25, -0.2) is 0 Å². The fourth-order valence-electron chi connectivity index (χ4n) is 1.66. The van der Waals surface area contributed by atoms with Gasteiger partial charge in [-0.05, 0) is 18.6 Å². The summed E-state index contributed by atoms with van der Waals surface area (Å²) < 4.78 is 4.92. The van der Waals surface area contributed by atoms with Gasteiger partial charge in [0.15, 0.2) is 0 Å². The molecule has 0 bridgehead atoms. The van der Waals surface area contributed by atoms with Gasteiger partial charge in [0.2, 0.25) is 0 Å². The predicted molar refractivity (Wildman–Crippen MR) is 71.9 cm³/mol. The third-order valence-corrected chi connectivity index (χ3v) is 2.62. The molecule has 0 aromatic heterocycles. The van der Waals surface area contributed by atoms with Crippen LogP contribution in [0.4, 0.5) is 17.1 Å². The average Bonchev–Trinajstić information content (AvgIpc) is 2.42. The number of hydrogen-bond acceptors (Lipinski definition) is 7. The standard InChI is InChI=1S/C11H18N4O4/c1-19-6-5-8(7-16)13-9-3-2-4-10(14-12)11(9)15(17)18/h2-4,8,13-14,16H,5-7,12H2,1H3. The first kappa shape index (κ1) is 15.2. The lowest BCUT2D eigenvalue weighted by molar-refractivity contribution is -0.383. The van der Waals surface area contributed by atoms with E-state index in [2.05, 4.69) is 10.7 Å². The lowest BCUT2D eigenvalue weighted by Gasteiger charge is -2.17. The molecule has 0 spiro atoms. The lowest BCUT2D eigenvalue weighted by atomic mass is 10.1. The molecule has 0 fully saturated rings. The number of anilines is 2. The highest BCUT2D eigenvalue weighted by Crippen LogP contribution is 2.32. The van der Waals surface area contributed by atoms with Crippen LogP contribution in [0.5, 0.6) is 0 Å². The number of hydrogen-bond donors (Lipinski definition) is 4. The topological polar surface area (TPSA) is 123 Å². The van der Waals surface area contributed by atoms with Crippen LogP contribution in [0.3, 0.4) is 0 Å². The molecule has 1 aromatic rings. The van der Waals surface area contributed by atoms with E-state index in [1.807, 2.05) is 0 Å². The fourth-order valence-corrected chi connectivity index (χ4v) is 1.66. The number of aliphatic hydroxyl groups is 1. The number of nitrogens with one attached hydrogen (secondary N) is 2. The molecule has 106 valence electrons. The SMILES string of the molecule is COCCC(CO)Nc1cccc(NN)c1[N+](=O)[O-]. The van der Waals surface area contributed by atoms with E-state index in [9.17, 15) is 15.2 Å². The van der Waals surface area contributed by atoms with Gasteiger partial charge in [0, 0.05) is 13.7 Å². The van der Waals surface area contributed by atoms with E-state index >= 15 is 0 Å². The van der Waals surface area contributed by atoms with Crippen molar-refractivity contribution in [1.82, 2.24) is 0 Å². The number of para-hydroxylation sites is 1. The number of nitrogens with zero attached hydrogens (tertiary/aromatic N) is 1. The van der Waals surface area contributed by atoms with Gasteiger partial charge in [-0.15, -0.1) is 0 Å². The first-order valence-electron chi connectivity index (χ1n) is 5.74. The van der Waals surface area contributed by atoms with E-state index in [0.29, 0.717) is 18.7 Å². The van der Waals surface area contributed by atoms with Crippen LogP contribution < -0.4 is 16.6 Å². The van der Waals surface area contributed by atoms with E-state index < -0.39 is 4.92 Å². The zero-order valence-corrected chi connectivity index (χ0v) is 10.6. The van der Waals surface area contributed by atoms with Crippen LogP contribution in [0.1, 0.15) is 6.42 Å². The summed E-state index contributed by atoms with van der Waals surface area (Å²) in [6, 6.07) is 4.38. The molecule has 8 heteroatoms. The van der Waals surface area contributed by atoms with Gasteiger partial charge in [-0.2, -0.15) is 0 Å². The molecule has 0 saturated carbocycles. The largest absolute Gasteiger partial charge is 0.394 e. The number of ether oxygens (including phenoxy) is 1. The molecule has 0 aliphatic heterocycles. The second-order valence-corrected chi connectivity index (χ2v) is 3.91. The maximum atomic E-state index is 11.1. The summed E-state index contributed by atoms with van der Waals surface area (Å²) in [6.45, 7) is 0.293. The van der Waals surface area contributed by atoms with Crippen molar-refractivity contribution in [2.75, 3.05) is 31.1 Å². The monoisotopic (exact) mass is 270 g/mol. The Balaban J connectivity index is 2.95. The minimum atomic E-state index is -0.526. The van der Waals surface area contributed by atoms with Gasteiger partial charge in [0.25, 0.3) is 0 Å². The third-order valence-electron chi connectivity index (χ3n) is 2.62. The van der Waals surface area contributed by atoms with E-state index in [0.717, 1.165) is 0 Å². The van der Waals surface area contributed by atoms with E-state index in [-0.39, 0.29) is 24.0 Å². The molecule has 0 aliphatic rings. The molecule has 0 saturated heterocycles. The zero-order valence-electron chi connectivity index (χ0n) is 10.6. The minimum Gasteiger partial charge on any atom is -0.394 e. The Labute approximate surface area is 110 Å². The number of benzene rings is 1. The molecule has 0 amide bonds. The molecule has 5 N–H and O–H groups in total. The summed E-state index contributed by atoms with van der Waals surface area (Å²) in [6.07, 6.45) is 0.532. The molecule has 1 unspecified atom stereocenters. The van der Waals surface area contributed by atoms with Gasteiger partial charge >= 0.3 is 5.69 Å². The normalized spacial score (nSPS) is 11.9. The summed E-state index contributed by atoms with van der Waals surface area (Å²) in [7, 11) is 1.55. The smallest absolute Gasteiger partial charge is 0.316 e. The van der Waals surface area contributed by atoms with Crippen molar-refractivity contribution >= 4 is 17.1 Å². The van der Waals surface area contributed by atoms with Crippen molar-refractivity contribution in [1.29, 1.82) is 0 Å². The van der Waals surface area contributed by atoms with Crippen LogP contribution in [-0.2, 0) is 4.74 Å². The van der Waals surface area contributed by atoms with Gasteiger partial charge in [0.05, 0.1) is 17.6 Å². The molecule has 19 heavy (non-hydrogen) atoms. The van der Waals surface area contributed by atoms with Crippen molar-refractivity contribution < 1.29 is 14.8 Å². The molecule has 1 rings (SSSR count). The number of nitrogens with two attached hydrogens (primary N) is 1. The highest BCUT2D eigenvalue weighted by Gasteiger charge is 2.21. The first-order chi connectivity index (χ1) is 9.13. The van der Waals surface area contributed by atoms with E-state index in [1.165, 1.54) is 6.07 Å². The summed E-state index contributed by atoms with van der Waals surface area (Å²) in [5, 5.41) is 23.2. The summed E-state index contributed by atoms with van der Waals surface area (Å²) in [4.78, 5) is 10.5. The van der Waals surface area contributed by atoms with Crippen LogP contribution in [0.2, 0.25) is 0 Å².